The summed E-state index contributed by atoms with van der Waals surface area (Å²) in [4.78, 5) is 26.0. The zero-order valence-electron chi connectivity index (χ0n) is 13.0. The predicted octanol–water partition coefficient (Wildman–Crippen LogP) is 1.04. The van der Waals surface area contributed by atoms with E-state index in [4.69, 9.17) is 10.5 Å². The van der Waals surface area contributed by atoms with Gasteiger partial charge in [-0.2, -0.15) is 10.5 Å². The fraction of sp³-hybridized carbons (Fsp3) is 0.188. The monoisotopic (exact) mass is 356 g/mol. The molecule has 8 nitrogen and oxygen atoms in total. The average molecular weight is 356 g/mol. The fourth-order valence-corrected chi connectivity index (χ4v) is 3.56. The summed E-state index contributed by atoms with van der Waals surface area (Å²) in [5.41, 5.74) is 0.308. The molecule has 9 heteroatoms. The quantitative estimate of drug-likeness (QED) is 0.706. The van der Waals surface area contributed by atoms with E-state index < -0.39 is 21.9 Å². The number of aldehydes is 2. The van der Waals surface area contributed by atoms with Crippen molar-refractivity contribution in [3.63, 3.8) is 0 Å². The molecule has 2 unspecified atom stereocenters. The first-order chi connectivity index (χ1) is 11.9. The molecule has 0 saturated carbocycles. The molecule has 0 saturated heterocycles. The standard InChI is InChI=1S/C16H12N4O4S/c1-11-2-4-14(5-3-11)25(23,24)20-10-19-15(12(6-17)8-21)16(20)13(7-18)9-22/h2-5,8-10,12-13H,1H3. The molecule has 0 radical (unpaired) electrons. The lowest BCUT2D eigenvalue weighted by atomic mass is 10.0. The summed E-state index contributed by atoms with van der Waals surface area (Å²) < 4.78 is 26.4. The third-order valence-electron chi connectivity index (χ3n) is 3.52. The lowest BCUT2D eigenvalue weighted by Gasteiger charge is -2.12. The maximum absolute atomic E-state index is 12.8. The number of aromatic nitrogens is 2. The normalized spacial score (nSPS) is 13.2. The van der Waals surface area contributed by atoms with Crippen LogP contribution in [0.3, 0.4) is 0 Å². The Bertz CT molecular complexity index is 994. The van der Waals surface area contributed by atoms with Gasteiger partial charge in [-0.15, -0.1) is 0 Å². The molecule has 2 aromatic rings. The second-order valence-corrected chi connectivity index (χ2v) is 6.93. The summed E-state index contributed by atoms with van der Waals surface area (Å²) in [5, 5.41) is 18.2. The van der Waals surface area contributed by atoms with Crippen molar-refractivity contribution in [2.75, 3.05) is 0 Å². The first kappa shape index (κ1) is 18.0. The summed E-state index contributed by atoms with van der Waals surface area (Å²) in [7, 11) is -4.16. The minimum atomic E-state index is -4.16. The highest BCUT2D eigenvalue weighted by Crippen LogP contribution is 2.27. The second kappa shape index (κ2) is 7.07. The van der Waals surface area contributed by atoms with Crippen LogP contribution in [-0.2, 0) is 19.6 Å². The van der Waals surface area contributed by atoms with E-state index in [1.165, 1.54) is 12.1 Å². The highest BCUT2D eigenvalue weighted by Gasteiger charge is 2.31. The summed E-state index contributed by atoms with van der Waals surface area (Å²) in [6, 6.07) is 9.24. The molecule has 0 aliphatic rings. The smallest absolute Gasteiger partial charge is 0.269 e. The van der Waals surface area contributed by atoms with Crippen LogP contribution in [-0.4, -0.2) is 29.9 Å². The Morgan fingerprint density at radius 2 is 1.64 bits per heavy atom. The van der Waals surface area contributed by atoms with Crippen LogP contribution >= 0.6 is 0 Å². The number of rotatable bonds is 6. The Labute approximate surface area is 144 Å². The molecule has 0 amide bonds. The Morgan fingerprint density at radius 1 is 1.08 bits per heavy atom. The molecule has 1 heterocycles. The third kappa shape index (κ3) is 3.18. The number of benzene rings is 1. The van der Waals surface area contributed by atoms with Gasteiger partial charge in [0.2, 0.25) is 0 Å². The van der Waals surface area contributed by atoms with Gasteiger partial charge in [-0.1, -0.05) is 17.7 Å². The van der Waals surface area contributed by atoms with E-state index in [9.17, 15) is 18.0 Å². The molecule has 0 N–H and O–H groups in total. The first-order valence-electron chi connectivity index (χ1n) is 6.99. The van der Waals surface area contributed by atoms with Crippen molar-refractivity contribution in [1.82, 2.24) is 8.96 Å². The lowest BCUT2D eigenvalue weighted by Crippen LogP contribution is -2.19. The number of hydrogen-bond donors (Lipinski definition) is 0. The van der Waals surface area contributed by atoms with E-state index in [1.54, 1.807) is 31.2 Å². The van der Waals surface area contributed by atoms with Gasteiger partial charge in [-0.3, -0.25) is 0 Å². The maximum Gasteiger partial charge on any atom is 0.269 e. The molecule has 25 heavy (non-hydrogen) atoms. The van der Waals surface area contributed by atoms with E-state index in [2.05, 4.69) is 4.98 Å². The number of hydrogen-bond acceptors (Lipinski definition) is 7. The van der Waals surface area contributed by atoms with Crippen LogP contribution in [0.2, 0.25) is 0 Å². The van der Waals surface area contributed by atoms with Crippen LogP contribution < -0.4 is 0 Å². The SMILES string of the molecule is Cc1ccc(S(=O)(=O)n2cnc(C(C#N)C=O)c2C(C#N)C=O)cc1. The van der Waals surface area contributed by atoms with Crippen molar-refractivity contribution in [3.8, 4) is 12.1 Å². The van der Waals surface area contributed by atoms with Gasteiger partial charge in [0.05, 0.1) is 28.4 Å². The summed E-state index contributed by atoms with van der Waals surface area (Å²) in [5.74, 6) is -2.88. The molecule has 0 bridgehead atoms. The highest BCUT2D eigenvalue weighted by molar-refractivity contribution is 7.90. The molecule has 1 aromatic carbocycles. The van der Waals surface area contributed by atoms with Gasteiger partial charge in [-0.25, -0.2) is 17.4 Å². The Hall–Kier alpha value is -3.30. The van der Waals surface area contributed by atoms with E-state index in [0.29, 0.717) is 3.97 Å². The molecule has 0 aliphatic carbocycles. The molecule has 126 valence electrons. The minimum Gasteiger partial charge on any atom is -0.301 e. The molecule has 0 spiro atoms. The van der Waals surface area contributed by atoms with Crippen molar-refractivity contribution in [1.29, 1.82) is 10.5 Å². The Balaban J connectivity index is 2.76. The van der Waals surface area contributed by atoms with E-state index >= 15 is 0 Å². The van der Waals surface area contributed by atoms with Gasteiger partial charge in [0.15, 0.2) is 0 Å². The molecule has 2 rings (SSSR count). The van der Waals surface area contributed by atoms with E-state index in [1.807, 2.05) is 0 Å². The van der Waals surface area contributed by atoms with Gasteiger partial charge in [0, 0.05) is 0 Å². The number of nitriles is 2. The van der Waals surface area contributed by atoms with Crippen LogP contribution in [0.5, 0.6) is 0 Å². The van der Waals surface area contributed by atoms with Gasteiger partial charge < -0.3 is 9.59 Å². The second-order valence-electron chi connectivity index (χ2n) is 5.11. The highest BCUT2D eigenvalue weighted by atomic mass is 32.2. The van der Waals surface area contributed by atoms with Gasteiger partial charge in [0.25, 0.3) is 10.0 Å². The predicted molar refractivity (Wildman–Crippen MR) is 84.8 cm³/mol. The van der Waals surface area contributed by atoms with Crippen LogP contribution in [0.15, 0.2) is 35.5 Å². The van der Waals surface area contributed by atoms with Crippen molar-refractivity contribution < 1.29 is 18.0 Å². The number of carbonyl (C=O) groups is 2. The minimum absolute atomic E-state index is 0.0782. The van der Waals surface area contributed by atoms with Crippen molar-refractivity contribution in [2.45, 2.75) is 23.7 Å². The van der Waals surface area contributed by atoms with Gasteiger partial charge >= 0.3 is 0 Å². The Kier molecular flexibility index (Phi) is 5.11. The number of nitrogens with zero attached hydrogens (tertiary/aromatic N) is 4. The van der Waals surface area contributed by atoms with Gasteiger partial charge in [-0.05, 0) is 19.1 Å². The lowest BCUT2D eigenvalue weighted by molar-refractivity contribution is -0.109. The topological polar surface area (TPSA) is 134 Å². The van der Waals surface area contributed by atoms with Crippen molar-refractivity contribution >= 4 is 22.6 Å². The first-order valence-corrected chi connectivity index (χ1v) is 8.44. The number of imidazole rings is 1. The Morgan fingerprint density at radius 3 is 2.12 bits per heavy atom. The zero-order chi connectivity index (χ0) is 18.6. The molecule has 1 aromatic heterocycles. The van der Waals surface area contributed by atoms with Crippen molar-refractivity contribution in [3.05, 3.63) is 47.5 Å². The van der Waals surface area contributed by atoms with Gasteiger partial charge in [0.1, 0.15) is 30.7 Å². The number of carbonyl (C=O) groups excluding carboxylic acids is 2. The largest absolute Gasteiger partial charge is 0.301 e. The van der Waals surface area contributed by atoms with Crippen LogP contribution in [0.1, 0.15) is 28.8 Å². The van der Waals surface area contributed by atoms with Crippen molar-refractivity contribution in [2.24, 2.45) is 0 Å². The summed E-state index contributed by atoms with van der Waals surface area (Å²) in [6.45, 7) is 1.79. The van der Waals surface area contributed by atoms with E-state index in [0.717, 1.165) is 11.9 Å². The maximum atomic E-state index is 12.8. The zero-order valence-corrected chi connectivity index (χ0v) is 13.8. The summed E-state index contributed by atoms with van der Waals surface area (Å²) >= 11 is 0. The fourth-order valence-electron chi connectivity index (χ4n) is 2.22. The third-order valence-corrected chi connectivity index (χ3v) is 5.20. The average Bonchev–Trinajstić information content (AvgIpc) is 3.03. The molecule has 0 aliphatic heterocycles. The van der Waals surface area contributed by atoms with Crippen LogP contribution in [0, 0.1) is 29.6 Å². The molecular weight excluding hydrogens is 344 g/mol. The number of aryl methyl sites for hydroxylation is 1. The molecule has 2 atom stereocenters. The van der Waals surface area contributed by atoms with Crippen LogP contribution in [0.25, 0.3) is 0 Å². The molecule has 0 fully saturated rings. The van der Waals surface area contributed by atoms with Crippen LogP contribution in [0.4, 0.5) is 0 Å². The molecular formula is C16H12N4O4S. The summed E-state index contributed by atoms with van der Waals surface area (Å²) in [6.07, 6.45) is 1.40. The van der Waals surface area contributed by atoms with E-state index in [-0.39, 0.29) is 28.9 Å².